The predicted molar refractivity (Wildman–Crippen MR) is 122 cm³/mol. The van der Waals surface area contributed by atoms with E-state index in [9.17, 15) is 9.59 Å². The van der Waals surface area contributed by atoms with Crippen LogP contribution in [0.3, 0.4) is 0 Å². The van der Waals surface area contributed by atoms with Gasteiger partial charge in [0.25, 0.3) is 5.56 Å². The van der Waals surface area contributed by atoms with E-state index >= 15 is 0 Å². The largest absolute Gasteiger partial charge is 0.493 e. The molecule has 1 aromatic carbocycles. The van der Waals surface area contributed by atoms with Crippen LogP contribution >= 0.6 is 0 Å². The minimum Gasteiger partial charge on any atom is -0.493 e. The van der Waals surface area contributed by atoms with Crippen LogP contribution < -0.4 is 15.0 Å². The fraction of sp³-hybridized carbons (Fsp3) is 0.609. The number of fused-ring (bicyclic) bond motifs is 1. The summed E-state index contributed by atoms with van der Waals surface area (Å²) in [6, 6.07) is 3.35. The first kappa shape index (κ1) is 24.0. The molecule has 1 aromatic heterocycles. The van der Waals surface area contributed by atoms with E-state index in [2.05, 4.69) is 21.8 Å². The van der Waals surface area contributed by atoms with E-state index in [1.807, 2.05) is 0 Å². The van der Waals surface area contributed by atoms with Crippen molar-refractivity contribution in [3.63, 3.8) is 0 Å². The maximum Gasteiger partial charge on any atom is 0.312 e. The van der Waals surface area contributed by atoms with Gasteiger partial charge in [-0.05, 0) is 40.3 Å². The van der Waals surface area contributed by atoms with Crippen LogP contribution in [0.15, 0.2) is 23.3 Å². The summed E-state index contributed by atoms with van der Waals surface area (Å²) >= 11 is 0. The first-order valence-electron chi connectivity index (χ1n) is 11.0. The van der Waals surface area contributed by atoms with Gasteiger partial charge in [-0.25, -0.2) is 4.98 Å². The lowest BCUT2D eigenvalue weighted by atomic mass is 9.98. The fourth-order valence-corrected chi connectivity index (χ4v) is 3.42. The second kappa shape index (κ2) is 10.3. The zero-order valence-corrected chi connectivity index (χ0v) is 19.7. The van der Waals surface area contributed by atoms with Gasteiger partial charge in [-0.15, -0.1) is 0 Å². The van der Waals surface area contributed by atoms with Gasteiger partial charge in [-0.1, -0.05) is 0 Å². The number of rotatable bonds is 8. The second-order valence-electron chi connectivity index (χ2n) is 9.20. The van der Waals surface area contributed by atoms with E-state index < -0.39 is 5.41 Å². The Hall–Kier alpha value is -2.65. The molecule has 1 fully saturated rings. The lowest BCUT2D eigenvalue weighted by molar-refractivity contribution is -0.157. The Morgan fingerprint density at radius 1 is 1.12 bits per heavy atom. The maximum absolute atomic E-state index is 12.9. The van der Waals surface area contributed by atoms with Gasteiger partial charge in [-0.2, -0.15) is 0 Å². The number of aromatic nitrogens is 2. The smallest absolute Gasteiger partial charge is 0.312 e. The SMILES string of the molecule is COc1cc2c(=O)n(COC(=O)C(C)(C)C)cnc2cc1OCCCN1CCN(C)CC1. The third-order valence-electron chi connectivity index (χ3n) is 5.53. The molecule has 1 aliphatic rings. The molecule has 0 saturated carbocycles. The van der Waals surface area contributed by atoms with Crippen molar-refractivity contribution < 1.29 is 19.0 Å². The molecule has 3 rings (SSSR count). The molecular weight excluding hydrogens is 412 g/mol. The van der Waals surface area contributed by atoms with Crippen molar-refractivity contribution in [3.8, 4) is 11.5 Å². The number of esters is 1. The molecular formula is C23H34N4O5. The molecule has 1 saturated heterocycles. The van der Waals surface area contributed by atoms with Crippen LogP contribution in [0.25, 0.3) is 10.9 Å². The molecule has 2 aromatic rings. The third kappa shape index (κ3) is 5.98. The Balaban J connectivity index is 1.65. The highest BCUT2D eigenvalue weighted by Gasteiger charge is 2.23. The molecule has 0 aliphatic carbocycles. The number of nitrogens with zero attached hydrogens (tertiary/aromatic N) is 4. The van der Waals surface area contributed by atoms with Crippen molar-refractivity contribution >= 4 is 16.9 Å². The van der Waals surface area contributed by atoms with E-state index in [0.717, 1.165) is 39.1 Å². The topological polar surface area (TPSA) is 86.1 Å². The summed E-state index contributed by atoms with van der Waals surface area (Å²) in [7, 11) is 3.69. The number of methoxy groups -OCH3 is 1. The van der Waals surface area contributed by atoms with Gasteiger partial charge < -0.3 is 24.0 Å². The van der Waals surface area contributed by atoms with Gasteiger partial charge >= 0.3 is 5.97 Å². The molecule has 0 unspecified atom stereocenters. The Labute approximate surface area is 188 Å². The van der Waals surface area contributed by atoms with Crippen LogP contribution in [0.5, 0.6) is 11.5 Å². The van der Waals surface area contributed by atoms with Crippen molar-refractivity contribution in [2.45, 2.75) is 33.9 Å². The summed E-state index contributed by atoms with van der Waals surface area (Å²) in [4.78, 5) is 34.0. The highest BCUT2D eigenvalue weighted by atomic mass is 16.5. The number of hydrogen-bond acceptors (Lipinski definition) is 8. The van der Waals surface area contributed by atoms with Crippen LogP contribution in [0.4, 0.5) is 0 Å². The lowest BCUT2D eigenvalue weighted by Crippen LogP contribution is -2.44. The highest BCUT2D eigenvalue weighted by Crippen LogP contribution is 2.30. The van der Waals surface area contributed by atoms with E-state index in [4.69, 9.17) is 14.2 Å². The zero-order valence-electron chi connectivity index (χ0n) is 19.7. The Bertz CT molecular complexity index is 990. The van der Waals surface area contributed by atoms with E-state index in [1.54, 1.807) is 32.9 Å². The van der Waals surface area contributed by atoms with Crippen LogP contribution in [-0.2, 0) is 16.3 Å². The van der Waals surface area contributed by atoms with Crippen LogP contribution in [0, 0.1) is 5.41 Å². The highest BCUT2D eigenvalue weighted by molar-refractivity contribution is 5.81. The molecule has 0 radical (unpaired) electrons. The summed E-state index contributed by atoms with van der Waals surface area (Å²) in [6.07, 6.45) is 2.28. The molecule has 176 valence electrons. The first-order chi connectivity index (χ1) is 15.2. The predicted octanol–water partition coefficient (Wildman–Crippen LogP) is 1.97. The molecule has 0 atom stereocenters. The minimum absolute atomic E-state index is 0.190. The summed E-state index contributed by atoms with van der Waals surface area (Å²) in [5, 5.41) is 0.376. The van der Waals surface area contributed by atoms with Gasteiger partial charge in [0.2, 0.25) is 0 Å². The number of benzene rings is 1. The monoisotopic (exact) mass is 446 g/mol. The molecule has 0 spiro atoms. The van der Waals surface area contributed by atoms with Gasteiger partial charge in [-0.3, -0.25) is 14.2 Å². The number of carbonyl (C=O) groups is 1. The summed E-state index contributed by atoms with van der Waals surface area (Å²) in [5.41, 5.74) is -0.451. The van der Waals surface area contributed by atoms with Crippen LogP contribution in [-0.4, -0.2) is 78.8 Å². The van der Waals surface area contributed by atoms with Crippen LogP contribution in [0.1, 0.15) is 27.2 Å². The van der Waals surface area contributed by atoms with Gasteiger partial charge in [0.15, 0.2) is 18.2 Å². The lowest BCUT2D eigenvalue weighted by Gasteiger charge is -2.32. The third-order valence-corrected chi connectivity index (χ3v) is 5.53. The summed E-state index contributed by atoms with van der Waals surface area (Å²) in [6.45, 7) is 11.0. The van der Waals surface area contributed by atoms with Crippen molar-refractivity contribution in [3.05, 3.63) is 28.8 Å². The average molecular weight is 447 g/mol. The number of likely N-dealkylation sites (N-methyl/N-ethyl adjacent to an activating group) is 1. The first-order valence-corrected chi connectivity index (χ1v) is 11.0. The maximum atomic E-state index is 12.9. The molecule has 0 bridgehead atoms. The number of piperazine rings is 1. The quantitative estimate of drug-likeness (QED) is 0.449. The van der Waals surface area contributed by atoms with Crippen molar-refractivity contribution in [2.24, 2.45) is 5.41 Å². The van der Waals surface area contributed by atoms with Gasteiger partial charge in [0.1, 0.15) is 6.33 Å². The van der Waals surface area contributed by atoms with Crippen molar-refractivity contribution in [2.75, 3.05) is 53.5 Å². The number of ether oxygens (including phenoxy) is 3. The minimum atomic E-state index is -0.645. The van der Waals surface area contributed by atoms with Crippen molar-refractivity contribution in [1.29, 1.82) is 0 Å². The standard InChI is InChI=1S/C23H34N4O5/c1-23(2,3)22(29)32-16-27-15-24-18-14-20(19(30-5)13-17(18)21(27)28)31-12-6-7-26-10-8-25(4)9-11-26/h13-15H,6-12,16H2,1-5H3. The van der Waals surface area contributed by atoms with Crippen molar-refractivity contribution in [1.82, 2.24) is 19.4 Å². The zero-order chi connectivity index (χ0) is 23.3. The Kier molecular flexibility index (Phi) is 7.73. The molecule has 1 aliphatic heterocycles. The Morgan fingerprint density at radius 2 is 1.84 bits per heavy atom. The number of carbonyl (C=O) groups excluding carboxylic acids is 1. The molecule has 9 heteroatoms. The van der Waals surface area contributed by atoms with Crippen LogP contribution in [0.2, 0.25) is 0 Å². The Morgan fingerprint density at radius 3 is 2.50 bits per heavy atom. The molecule has 2 heterocycles. The second-order valence-corrected chi connectivity index (χ2v) is 9.20. The van der Waals surface area contributed by atoms with Gasteiger partial charge in [0, 0.05) is 38.8 Å². The van der Waals surface area contributed by atoms with Gasteiger partial charge in [0.05, 0.1) is 30.0 Å². The van der Waals surface area contributed by atoms with E-state index in [-0.39, 0.29) is 18.3 Å². The summed E-state index contributed by atoms with van der Waals surface area (Å²) < 4.78 is 17.9. The molecule has 32 heavy (non-hydrogen) atoms. The van der Waals surface area contributed by atoms with E-state index in [0.29, 0.717) is 29.0 Å². The summed E-state index contributed by atoms with van der Waals surface area (Å²) in [5.74, 6) is 0.644. The molecule has 9 nitrogen and oxygen atoms in total. The molecule has 0 N–H and O–H groups in total. The number of hydrogen-bond donors (Lipinski definition) is 0. The average Bonchev–Trinajstić information content (AvgIpc) is 2.76. The normalized spacial score (nSPS) is 15.7. The van der Waals surface area contributed by atoms with E-state index in [1.165, 1.54) is 18.0 Å². The molecule has 0 amide bonds. The fourth-order valence-electron chi connectivity index (χ4n) is 3.42.